The van der Waals surface area contributed by atoms with E-state index in [9.17, 15) is 5.11 Å². The van der Waals surface area contributed by atoms with Crippen LogP contribution in [0.15, 0.2) is 59.5 Å². The van der Waals surface area contributed by atoms with E-state index in [2.05, 4.69) is 17.4 Å². The number of thioether (sulfide) groups is 1. The second-order valence-corrected chi connectivity index (χ2v) is 5.98. The first-order valence-electron chi connectivity index (χ1n) is 6.58. The van der Waals surface area contributed by atoms with Crippen molar-refractivity contribution in [3.63, 3.8) is 0 Å². The quantitative estimate of drug-likeness (QED) is 0.603. The van der Waals surface area contributed by atoms with Gasteiger partial charge in [0.05, 0.1) is 6.10 Å². The van der Waals surface area contributed by atoms with Crippen LogP contribution in [0.3, 0.4) is 0 Å². The molecule has 0 saturated carbocycles. The molecule has 0 aliphatic rings. The number of benzene rings is 2. The Morgan fingerprint density at radius 2 is 1.75 bits per heavy atom. The lowest BCUT2D eigenvalue weighted by Crippen LogP contribution is -2.23. The molecule has 2 aromatic carbocycles. The molecule has 0 bridgehead atoms. The number of hydrogen-bond donors (Lipinski definition) is 2. The van der Waals surface area contributed by atoms with E-state index in [0.717, 1.165) is 17.9 Å². The lowest BCUT2D eigenvalue weighted by atomic mass is 10.1. The number of aliphatic hydroxyl groups is 1. The summed E-state index contributed by atoms with van der Waals surface area (Å²) >= 11 is 7.85. The second kappa shape index (κ2) is 8.32. The van der Waals surface area contributed by atoms with Gasteiger partial charge in [-0.1, -0.05) is 48.0 Å². The predicted octanol–water partition coefficient (Wildman–Crippen LogP) is 3.76. The molecule has 0 aromatic heterocycles. The molecule has 20 heavy (non-hydrogen) atoms. The molecule has 0 aliphatic carbocycles. The maximum Gasteiger partial charge on any atom is 0.0928 e. The minimum atomic E-state index is -0.564. The molecular formula is C16H18ClNOS. The lowest BCUT2D eigenvalue weighted by Gasteiger charge is -2.13. The van der Waals surface area contributed by atoms with E-state index in [4.69, 9.17) is 11.6 Å². The summed E-state index contributed by atoms with van der Waals surface area (Å²) in [6, 6.07) is 17.7. The predicted molar refractivity (Wildman–Crippen MR) is 86.4 cm³/mol. The third-order valence-electron chi connectivity index (χ3n) is 2.89. The summed E-state index contributed by atoms with van der Waals surface area (Å²) in [7, 11) is 0. The van der Waals surface area contributed by atoms with Crippen LogP contribution >= 0.6 is 23.4 Å². The van der Waals surface area contributed by atoms with Gasteiger partial charge in [-0.25, -0.2) is 0 Å². The third-order valence-corrected chi connectivity index (χ3v) is 4.25. The Bertz CT molecular complexity index is 521. The van der Waals surface area contributed by atoms with E-state index in [1.165, 1.54) is 4.90 Å². The van der Waals surface area contributed by atoms with Crippen molar-refractivity contribution in [3.8, 4) is 0 Å². The van der Waals surface area contributed by atoms with E-state index in [0.29, 0.717) is 11.6 Å². The molecule has 0 spiro atoms. The Balaban J connectivity index is 1.67. The van der Waals surface area contributed by atoms with Gasteiger partial charge in [-0.2, -0.15) is 0 Å². The van der Waals surface area contributed by atoms with Crippen LogP contribution in [-0.4, -0.2) is 23.9 Å². The van der Waals surface area contributed by atoms with Crippen molar-refractivity contribution in [2.24, 2.45) is 0 Å². The summed E-state index contributed by atoms with van der Waals surface area (Å²) in [4.78, 5) is 1.26. The molecule has 2 nitrogen and oxygen atoms in total. The van der Waals surface area contributed by atoms with Crippen molar-refractivity contribution in [2.45, 2.75) is 11.0 Å². The number of rotatable bonds is 7. The first-order valence-corrected chi connectivity index (χ1v) is 7.95. The summed E-state index contributed by atoms with van der Waals surface area (Å²) < 4.78 is 0. The minimum absolute atomic E-state index is 0.513. The van der Waals surface area contributed by atoms with Crippen LogP contribution in [0.25, 0.3) is 0 Å². The van der Waals surface area contributed by atoms with Gasteiger partial charge in [0.25, 0.3) is 0 Å². The lowest BCUT2D eigenvalue weighted by molar-refractivity contribution is 0.176. The van der Waals surface area contributed by atoms with Crippen molar-refractivity contribution in [1.82, 2.24) is 5.32 Å². The normalized spacial score (nSPS) is 12.3. The van der Waals surface area contributed by atoms with E-state index in [1.54, 1.807) is 17.8 Å². The Hall–Kier alpha value is -1.00. The topological polar surface area (TPSA) is 32.3 Å². The highest BCUT2D eigenvalue weighted by Gasteiger charge is 2.09. The van der Waals surface area contributed by atoms with E-state index in [1.807, 2.05) is 36.4 Å². The van der Waals surface area contributed by atoms with Crippen molar-refractivity contribution < 1.29 is 5.11 Å². The Morgan fingerprint density at radius 3 is 2.50 bits per heavy atom. The molecule has 2 N–H and O–H groups in total. The zero-order chi connectivity index (χ0) is 14.2. The molecule has 2 aromatic rings. The second-order valence-electron chi connectivity index (χ2n) is 4.40. The maximum atomic E-state index is 10.1. The fraction of sp³-hybridized carbons (Fsp3) is 0.250. The van der Waals surface area contributed by atoms with Crippen molar-refractivity contribution in [1.29, 1.82) is 0 Å². The molecule has 106 valence electrons. The molecule has 0 saturated heterocycles. The smallest absolute Gasteiger partial charge is 0.0928 e. The van der Waals surface area contributed by atoms with Crippen LogP contribution in [-0.2, 0) is 0 Å². The number of nitrogens with one attached hydrogen (secondary N) is 1. The van der Waals surface area contributed by atoms with Gasteiger partial charge in [-0.3, -0.25) is 0 Å². The van der Waals surface area contributed by atoms with Gasteiger partial charge >= 0.3 is 0 Å². The monoisotopic (exact) mass is 307 g/mol. The minimum Gasteiger partial charge on any atom is -0.387 e. The summed E-state index contributed by atoms with van der Waals surface area (Å²) in [5.41, 5.74) is 0.775. The summed E-state index contributed by atoms with van der Waals surface area (Å²) in [6.45, 7) is 1.36. The highest BCUT2D eigenvalue weighted by atomic mass is 35.5. The fourth-order valence-corrected chi connectivity index (χ4v) is 2.95. The van der Waals surface area contributed by atoms with Crippen LogP contribution in [0, 0.1) is 0 Å². The van der Waals surface area contributed by atoms with Gasteiger partial charge in [0.2, 0.25) is 0 Å². The average Bonchev–Trinajstić information content (AvgIpc) is 2.48. The number of halogens is 1. The third kappa shape index (κ3) is 4.84. The molecule has 0 aliphatic heterocycles. The van der Waals surface area contributed by atoms with Crippen LogP contribution in [0.4, 0.5) is 0 Å². The summed E-state index contributed by atoms with van der Waals surface area (Å²) in [5.74, 6) is 0.971. The standard InChI is InChI=1S/C16H18ClNOS/c17-15-9-5-4-8-14(15)16(19)12-18-10-11-20-13-6-2-1-3-7-13/h1-9,16,18-19H,10-12H2. The highest BCUT2D eigenvalue weighted by Crippen LogP contribution is 2.22. The molecule has 4 heteroatoms. The fourth-order valence-electron chi connectivity index (χ4n) is 1.85. The SMILES string of the molecule is OC(CNCCSc1ccccc1)c1ccccc1Cl. The largest absolute Gasteiger partial charge is 0.387 e. The number of aliphatic hydroxyl groups excluding tert-OH is 1. The van der Waals surface area contributed by atoms with Crippen LogP contribution in [0.2, 0.25) is 5.02 Å². The molecular weight excluding hydrogens is 290 g/mol. The first-order chi connectivity index (χ1) is 9.77. The van der Waals surface area contributed by atoms with Gasteiger partial charge in [-0.05, 0) is 18.2 Å². The molecule has 0 radical (unpaired) electrons. The van der Waals surface area contributed by atoms with Gasteiger partial charge in [0.15, 0.2) is 0 Å². The Kier molecular flexibility index (Phi) is 6.40. The Labute approximate surface area is 129 Å². The zero-order valence-electron chi connectivity index (χ0n) is 11.1. The van der Waals surface area contributed by atoms with Crippen molar-refractivity contribution in [2.75, 3.05) is 18.8 Å². The highest BCUT2D eigenvalue weighted by molar-refractivity contribution is 7.99. The van der Waals surface area contributed by atoms with Crippen molar-refractivity contribution in [3.05, 3.63) is 65.2 Å². The van der Waals surface area contributed by atoms with Gasteiger partial charge in [-0.15, -0.1) is 11.8 Å². The van der Waals surface area contributed by atoms with Crippen LogP contribution in [0.1, 0.15) is 11.7 Å². The molecule has 0 amide bonds. The van der Waals surface area contributed by atoms with Gasteiger partial charge in [0.1, 0.15) is 0 Å². The van der Waals surface area contributed by atoms with E-state index >= 15 is 0 Å². The van der Waals surface area contributed by atoms with Crippen molar-refractivity contribution >= 4 is 23.4 Å². The Morgan fingerprint density at radius 1 is 1.05 bits per heavy atom. The molecule has 0 heterocycles. The average molecular weight is 308 g/mol. The van der Waals surface area contributed by atoms with Gasteiger partial charge in [0, 0.05) is 34.3 Å². The van der Waals surface area contributed by atoms with Crippen LogP contribution < -0.4 is 5.32 Å². The van der Waals surface area contributed by atoms with Gasteiger partial charge < -0.3 is 10.4 Å². The zero-order valence-corrected chi connectivity index (χ0v) is 12.7. The van der Waals surface area contributed by atoms with E-state index < -0.39 is 6.10 Å². The van der Waals surface area contributed by atoms with Crippen LogP contribution in [0.5, 0.6) is 0 Å². The first kappa shape index (κ1) is 15.4. The molecule has 0 fully saturated rings. The van der Waals surface area contributed by atoms with E-state index in [-0.39, 0.29) is 0 Å². The molecule has 1 unspecified atom stereocenters. The summed E-state index contributed by atoms with van der Waals surface area (Å²) in [6.07, 6.45) is -0.564. The summed E-state index contributed by atoms with van der Waals surface area (Å²) in [5, 5.41) is 13.9. The maximum absolute atomic E-state index is 10.1. The number of hydrogen-bond acceptors (Lipinski definition) is 3. The molecule has 1 atom stereocenters. The molecule has 2 rings (SSSR count).